The smallest absolute Gasteiger partial charge is 0.165 e. The van der Waals surface area contributed by atoms with Crippen LogP contribution in [0.25, 0.3) is 87.7 Å². The van der Waals surface area contributed by atoms with Crippen LogP contribution in [0.3, 0.4) is 0 Å². The fourth-order valence-corrected chi connectivity index (χ4v) is 7.77. The summed E-state index contributed by atoms with van der Waals surface area (Å²) >= 11 is 1.79. The van der Waals surface area contributed by atoms with E-state index in [0.717, 1.165) is 33.4 Å². The van der Waals surface area contributed by atoms with E-state index >= 15 is 0 Å². The van der Waals surface area contributed by atoms with Crippen LogP contribution in [0.4, 0.5) is 0 Å². The first-order chi connectivity index (χ1) is 24.3. The van der Waals surface area contributed by atoms with Crippen molar-refractivity contribution < 1.29 is 0 Å². The number of benzene rings is 7. The lowest BCUT2D eigenvalue weighted by Crippen LogP contribution is -2.00. The van der Waals surface area contributed by atoms with E-state index in [2.05, 4.69) is 164 Å². The maximum absolute atomic E-state index is 5.21. The summed E-state index contributed by atoms with van der Waals surface area (Å²) in [5.41, 5.74) is 9.88. The highest BCUT2D eigenvalue weighted by Gasteiger charge is 2.19. The summed E-state index contributed by atoms with van der Waals surface area (Å²) < 4.78 is 2.41. The van der Waals surface area contributed by atoms with Crippen molar-refractivity contribution in [1.29, 1.82) is 0 Å². The lowest BCUT2D eigenvalue weighted by Gasteiger charge is -2.12. The standard InChI is InChI=1S/C45H29N3S/c1-4-13-30(14-5-1)32-23-25-34(26-24-32)43-46-44(36-20-12-19-35(29-36)31-15-6-2-7-16-31)48-45(47-43)39-28-27-37(33-17-8-3-9-18-33)41-38-21-10-11-22-40(38)49-42(39)41/h1-29H. The van der Waals surface area contributed by atoms with Crippen molar-refractivity contribution in [3.05, 3.63) is 176 Å². The number of fused-ring (bicyclic) bond motifs is 3. The van der Waals surface area contributed by atoms with Crippen molar-refractivity contribution >= 4 is 31.5 Å². The van der Waals surface area contributed by atoms with E-state index in [0.29, 0.717) is 17.5 Å². The van der Waals surface area contributed by atoms with Crippen molar-refractivity contribution in [2.24, 2.45) is 0 Å². The van der Waals surface area contributed by atoms with E-state index in [1.807, 2.05) is 12.1 Å². The van der Waals surface area contributed by atoms with Crippen molar-refractivity contribution in [3.63, 3.8) is 0 Å². The van der Waals surface area contributed by atoms with Crippen LogP contribution in [0.1, 0.15) is 0 Å². The van der Waals surface area contributed by atoms with Gasteiger partial charge in [-0.25, -0.2) is 15.0 Å². The summed E-state index contributed by atoms with van der Waals surface area (Å²) in [6.07, 6.45) is 0. The third kappa shape index (κ3) is 5.48. The summed E-state index contributed by atoms with van der Waals surface area (Å²) in [7, 11) is 0. The average molecular weight is 644 g/mol. The molecule has 2 heterocycles. The Balaban J connectivity index is 1.25. The topological polar surface area (TPSA) is 38.7 Å². The first kappa shape index (κ1) is 29.0. The minimum Gasteiger partial charge on any atom is -0.208 e. The fourth-order valence-electron chi connectivity index (χ4n) is 6.53. The van der Waals surface area contributed by atoms with Gasteiger partial charge in [-0.15, -0.1) is 11.3 Å². The molecule has 230 valence electrons. The zero-order valence-corrected chi connectivity index (χ0v) is 27.3. The van der Waals surface area contributed by atoms with Gasteiger partial charge in [0, 0.05) is 36.9 Å². The van der Waals surface area contributed by atoms with Crippen LogP contribution in [0.15, 0.2) is 176 Å². The van der Waals surface area contributed by atoms with Gasteiger partial charge < -0.3 is 0 Å². The second kappa shape index (κ2) is 12.4. The van der Waals surface area contributed by atoms with Gasteiger partial charge in [0.1, 0.15) is 0 Å². The Morgan fingerprint density at radius 2 is 0.816 bits per heavy atom. The van der Waals surface area contributed by atoms with Gasteiger partial charge >= 0.3 is 0 Å². The van der Waals surface area contributed by atoms with E-state index < -0.39 is 0 Å². The fraction of sp³-hybridized carbons (Fsp3) is 0. The second-order valence-electron chi connectivity index (χ2n) is 12.0. The largest absolute Gasteiger partial charge is 0.208 e. The number of hydrogen-bond acceptors (Lipinski definition) is 4. The van der Waals surface area contributed by atoms with E-state index in [1.54, 1.807) is 11.3 Å². The van der Waals surface area contributed by atoms with Gasteiger partial charge in [0.2, 0.25) is 0 Å². The minimum atomic E-state index is 0.645. The van der Waals surface area contributed by atoms with Gasteiger partial charge in [0.15, 0.2) is 17.5 Å². The molecule has 4 heteroatoms. The van der Waals surface area contributed by atoms with E-state index in [-0.39, 0.29) is 0 Å². The van der Waals surface area contributed by atoms with Gasteiger partial charge in [0.25, 0.3) is 0 Å². The molecule has 0 saturated carbocycles. The third-order valence-electron chi connectivity index (χ3n) is 8.97. The first-order valence-corrected chi connectivity index (χ1v) is 17.2. The number of aromatic nitrogens is 3. The Morgan fingerprint density at radius 1 is 0.327 bits per heavy atom. The van der Waals surface area contributed by atoms with Crippen LogP contribution in [0, 0.1) is 0 Å². The molecule has 0 aliphatic heterocycles. The molecule has 0 radical (unpaired) electrons. The van der Waals surface area contributed by atoms with Crippen molar-refractivity contribution in [3.8, 4) is 67.5 Å². The number of thiophene rings is 1. The van der Waals surface area contributed by atoms with Crippen LogP contribution in [0.5, 0.6) is 0 Å². The first-order valence-electron chi connectivity index (χ1n) is 16.4. The minimum absolute atomic E-state index is 0.645. The highest BCUT2D eigenvalue weighted by Crippen LogP contribution is 2.44. The van der Waals surface area contributed by atoms with Crippen LogP contribution in [-0.4, -0.2) is 15.0 Å². The molecule has 0 spiro atoms. The normalized spacial score (nSPS) is 11.3. The molecular formula is C45H29N3S. The summed E-state index contributed by atoms with van der Waals surface area (Å²) in [5.74, 6) is 1.95. The average Bonchev–Trinajstić information content (AvgIpc) is 3.58. The molecule has 0 unspecified atom stereocenters. The Labute approximate surface area is 288 Å². The van der Waals surface area contributed by atoms with Crippen molar-refractivity contribution in [2.45, 2.75) is 0 Å². The van der Waals surface area contributed by atoms with Crippen molar-refractivity contribution in [1.82, 2.24) is 15.0 Å². The SMILES string of the molecule is c1ccc(-c2ccc(-c3nc(-c4cccc(-c5ccccc5)c4)nc(-c4ccc(-c5ccccc5)c5c4sc4ccccc45)n3)cc2)cc1. The Hall–Kier alpha value is -6.23. The highest BCUT2D eigenvalue weighted by molar-refractivity contribution is 7.26. The third-order valence-corrected chi connectivity index (χ3v) is 10.2. The summed E-state index contributed by atoms with van der Waals surface area (Å²) in [4.78, 5) is 15.5. The predicted octanol–water partition coefficient (Wildman–Crippen LogP) is 12.2. The van der Waals surface area contributed by atoms with E-state index in [4.69, 9.17) is 15.0 Å². The number of hydrogen-bond donors (Lipinski definition) is 0. The highest BCUT2D eigenvalue weighted by atomic mass is 32.1. The van der Waals surface area contributed by atoms with Gasteiger partial charge in [-0.1, -0.05) is 158 Å². The Morgan fingerprint density at radius 3 is 1.53 bits per heavy atom. The molecule has 2 aromatic heterocycles. The Kier molecular flexibility index (Phi) is 7.34. The zero-order valence-electron chi connectivity index (χ0n) is 26.5. The van der Waals surface area contributed by atoms with Crippen LogP contribution < -0.4 is 0 Å². The van der Waals surface area contributed by atoms with E-state index in [1.165, 1.54) is 36.9 Å². The van der Waals surface area contributed by atoms with Crippen LogP contribution >= 0.6 is 11.3 Å². The maximum atomic E-state index is 5.21. The van der Waals surface area contributed by atoms with E-state index in [9.17, 15) is 0 Å². The molecule has 0 fully saturated rings. The number of nitrogens with zero attached hydrogens (tertiary/aromatic N) is 3. The van der Waals surface area contributed by atoms with Crippen LogP contribution in [-0.2, 0) is 0 Å². The predicted molar refractivity (Wildman–Crippen MR) is 205 cm³/mol. The summed E-state index contributed by atoms with van der Waals surface area (Å²) in [6.45, 7) is 0. The number of rotatable bonds is 6. The summed E-state index contributed by atoms with van der Waals surface area (Å²) in [6, 6.07) is 61.5. The summed E-state index contributed by atoms with van der Waals surface area (Å²) in [5, 5.41) is 2.47. The van der Waals surface area contributed by atoms with Gasteiger partial charge in [-0.05, 0) is 51.6 Å². The molecule has 0 saturated heterocycles. The Bertz CT molecular complexity index is 2580. The molecule has 9 aromatic rings. The molecule has 0 N–H and O–H groups in total. The molecule has 0 atom stereocenters. The monoisotopic (exact) mass is 643 g/mol. The molecule has 49 heavy (non-hydrogen) atoms. The zero-order chi connectivity index (χ0) is 32.6. The van der Waals surface area contributed by atoms with Crippen LogP contribution in [0.2, 0.25) is 0 Å². The molecule has 0 aliphatic rings. The van der Waals surface area contributed by atoms with Gasteiger partial charge in [-0.3, -0.25) is 0 Å². The lowest BCUT2D eigenvalue weighted by atomic mass is 9.97. The molecule has 9 rings (SSSR count). The van der Waals surface area contributed by atoms with Gasteiger partial charge in [-0.2, -0.15) is 0 Å². The molecule has 0 bridgehead atoms. The quantitative estimate of drug-likeness (QED) is 0.181. The van der Waals surface area contributed by atoms with Crippen molar-refractivity contribution in [2.75, 3.05) is 0 Å². The molecule has 3 nitrogen and oxygen atoms in total. The lowest BCUT2D eigenvalue weighted by molar-refractivity contribution is 1.08. The van der Waals surface area contributed by atoms with Gasteiger partial charge in [0.05, 0.1) is 0 Å². The molecule has 7 aromatic carbocycles. The molecular weight excluding hydrogens is 615 g/mol. The maximum Gasteiger partial charge on any atom is 0.165 e. The second-order valence-corrected chi connectivity index (χ2v) is 13.1. The molecule has 0 amide bonds. The molecule has 0 aliphatic carbocycles.